The van der Waals surface area contributed by atoms with Crippen LogP contribution in [0.1, 0.15) is 12.5 Å². The van der Waals surface area contributed by atoms with E-state index in [1.165, 1.54) is 0 Å². The number of hydrogen-bond acceptors (Lipinski definition) is 6. The van der Waals surface area contributed by atoms with Crippen LogP contribution in [0.5, 0.6) is 17.2 Å². The maximum atomic E-state index is 13.0. The molecule has 0 bridgehead atoms. The molecular formula is C25H27Cl2N3O4. The number of carbonyl (C=O) groups is 1. The number of fused-ring (bicyclic) bond motifs is 1. The van der Waals surface area contributed by atoms with Crippen molar-refractivity contribution in [2.75, 3.05) is 45.3 Å². The fraction of sp³-hybridized carbons (Fsp3) is 0.360. The lowest BCUT2D eigenvalue weighted by atomic mass is 10.1. The standard InChI is InChI=1S/C25H27Cl2N3O4/c1-15-13-22(28-24-21(33-4)8-7-20(32-3)23(15)24)29-9-11-30(12-10-29)25(31)16(2)34-17-5-6-18(26)19(27)14-17/h5-8,13-14,16H,9-12H2,1-4H3/t16-/m0/s1. The molecule has 1 fully saturated rings. The lowest BCUT2D eigenvalue weighted by molar-refractivity contribution is -0.138. The zero-order valence-electron chi connectivity index (χ0n) is 19.6. The number of rotatable bonds is 6. The summed E-state index contributed by atoms with van der Waals surface area (Å²) < 4.78 is 16.9. The number of amides is 1. The van der Waals surface area contributed by atoms with Crippen LogP contribution >= 0.6 is 23.2 Å². The van der Waals surface area contributed by atoms with Gasteiger partial charge in [0.2, 0.25) is 0 Å². The molecule has 1 saturated heterocycles. The van der Waals surface area contributed by atoms with E-state index in [-0.39, 0.29) is 5.91 Å². The normalized spacial score (nSPS) is 14.8. The maximum absolute atomic E-state index is 13.0. The Morgan fingerprint density at radius 1 is 0.971 bits per heavy atom. The van der Waals surface area contributed by atoms with Crippen molar-refractivity contribution in [2.24, 2.45) is 0 Å². The Kier molecular flexibility index (Phi) is 7.24. The topological polar surface area (TPSA) is 64.1 Å². The van der Waals surface area contributed by atoms with E-state index in [1.54, 1.807) is 39.3 Å². The molecular weight excluding hydrogens is 477 g/mol. The average molecular weight is 504 g/mol. The molecule has 0 spiro atoms. The van der Waals surface area contributed by atoms with E-state index >= 15 is 0 Å². The number of ether oxygens (including phenoxy) is 3. The summed E-state index contributed by atoms with van der Waals surface area (Å²) in [6.07, 6.45) is -0.637. The first-order valence-corrected chi connectivity index (χ1v) is 11.8. The molecule has 180 valence electrons. The van der Waals surface area contributed by atoms with Crippen LogP contribution in [0.15, 0.2) is 36.4 Å². The molecule has 0 saturated carbocycles. The van der Waals surface area contributed by atoms with Crippen molar-refractivity contribution in [2.45, 2.75) is 20.0 Å². The number of anilines is 1. The van der Waals surface area contributed by atoms with Gasteiger partial charge in [-0.05, 0) is 49.7 Å². The summed E-state index contributed by atoms with van der Waals surface area (Å²) in [5, 5.41) is 1.77. The van der Waals surface area contributed by atoms with Gasteiger partial charge >= 0.3 is 0 Å². The van der Waals surface area contributed by atoms with E-state index in [1.807, 2.05) is 24.0 Å². The van der Waals surface area contributed by atoms with E-state index in [9.17, 15) is 4.79 Å². The van der Waals surface area contributed by atoms with Crippen LogP contribution in [-0.4, -0.2) is 62.3 Å². The van der Waals surface area contributed by atoms with Gasteiger partial charge < -0.3 is 24.0 Å². The van der Waals surface area contributed by atoms with Gasteiger partial charge in [0.05, 0.1) is 24.3 Å². The number of nitrogens with zero attached hydrogens (tertiary/aromatic N) is 3. The Hall–Kier alpha value is -2.90. The Balaban J connectivity index is 1.46. The quantitative estimate of drug-likeness (QED) is 0.472. The summed E-state index contributed by atoms with van der Waals surface area (Å²) in [7, 11) is 3.29. The van der Waals surface area contributed by atoms with Crippen LogP contribution < -0.4 is 19.1 Å². The van der Waals surface area contributed by atoms with Gasteiger partial charge in [-0.25, -0.2) is 4.98 Å². The minimum atomic E-state index is -0.637. The van der Waals surface area contributed by atoms with Gasteiger partial charge in [-0.1, -0.05) is 23.2 Å². The average Bonchev–Trinajstić information content (AvgIpc) is 2.85. The first kappa shape index (κ1) is 24.2. The molecule has 34 heavy (non-hydrogen) atoms. The molecule has 0 unspecified atom stereocenters. The second-order valence-corrected chi connectivity index (χ2v) is 8.95. The van der Waals surface area contributed by atoms with Gasteiger partial charge in [0.1, 0.15) is 28.6 Å². The first-order valence-electron chi connectivity index (χ1n) is 11.0. The third kappa shape index (κ3) is 4.81. The molecule has 7 nitrogen and oxygen atoms in total. The smallest absolute Gasteiger partial charge is 0.263 e. The molecule has 2 heterocycles. The zero-order valence-corrected chi connectivity index (χ0v) is 21.1. The highest BCUT2D eigenvalue weighted by Crippen LogP contribution is 2.36. The number of pyridine rings is 1. The predicted molar refractivity (Wildman–Crippen MR) is 135 cm³/mol. The molecule has 3 aromatic rings. The number of carbonyl (C=O) groups excluding carboxylic acids is 1. The third-order valence-electron chi connectivity index (χ3n) is 5.98. The molecule has 1 aromatic heterocycles. The molecule has 1 atom stereocenters. The first-order chi connectivity index (χ1) is 16.3. The minimum Gasteiger partial charge on any atom is -0.496 e. The van der Waals surface area contributed by atoms with E-state index in [0.29, 0.717) is 47.7 Å². The summed E-state index contributed by atoms with van der Waals surface area (Å²) in [4.78, 5) is 21.8. The predicted octanol–water partition coefficient (Wildman–Crippen LogP) is 4.98. The lowest BCUT2D eigenvalue weighted by Gasteiger charge is -2.36. The molecule has 0 N–H and O–H groups in total. The lowest BCUT2D eigenvalue weighted by Crippen LogP contribution is -2.52. The number of halogens is 2. The Morgan fingerprint density at radius 3 is 2.29 bits per heavy atom. The molecule has 1 aliphatic rings. The molecule has 1 amide bonds. The monoisotopic (exact) mass is 503 g/mol. The molecule has 4 rings (SSSR count). The Bertz CT molecular complexity index is 1210. The van der Waals surface area contributed by atoms with Crippen molar-refractivity contribution in [1.82, 2.24) is 9.88 Å². The summed E-state index contributed by atoms with van der Waals surface area (Å²) in [5.74, 6) is 2.75. The van der Waals surface area contributed by atoms with Crippen LogP contribution in [0, 0.1) is 6.92 Å². The highest BCUT2D eigenvalue weighted by atomic mass is 35.5. The zero-order chi connectivity index (χ0) is 24.4. The van der Waals surface area contributed by atoms with Crippen LogP contribution in [0.4, 0.5) is 5.82 Å². The molecule has 2 aromatic carbocycles. The number of piperazine rings is 1. The van der Waals surface area contributed by atoms with Gasteiger partial charge in [-0.15, -0.1) is 0 Å². The van der Waals surface area contributed by atoms with Gasteiger partial charge in [0.15, 0.2) is 6.10 Å². The number of hydrogen-bond donors (Lipinski definition) is 0. The van der Waals surface area contributed by atoms with E-state index in [2.05, 4.69) is 11.0 Å². The van der Waals surface area contributed by atoms with E-state index in [4.69, 9.17) is 42.4 Å². The van der Waals surface area contributed by atoms with Crippen molar-refractivity contribution in [3.8, 4) is 17.2 Å². The minimum absolute atomic E-state index is 0.0696. The number of aromatic nitrogens is 1. The summed E-state index contributed by atoms with van der Waals surface area (Å²) in [6, 6.07) is 10.8. The van der Waals surface area contributed by atoms with Crippen LogP contribution in [-0.2, 0) is 4.79 Å². The fourth-order valence-electron chi connectivity index (χ4n) is 4.17. The number of benzene rings is 2. The summed E-state index contributed by atoms with van der Waals surface area (Å²) >= 11 is 12.0. The van der Waals surface area contributed by atoms with Crippen molar-refractivity contribution < 1.29 is 19.0 Å². The highest BCUT2D eigenvalue weighted by Gasteiger charge is 2.27. The fourth-order valence-corrected chi connectivity index (χ4v) is 4.46. The number of aryl methyl sites for hydroxylation is 1. The summed E-state index contributed by atoms with van der Waals surface area (Å²) in [5.41, 5.74) is 1.82. The second-order valence-electron chi connectivity index (χ2n) is 8.14. The van der Waals surface area contributed by atoms with E-state index in [0.717, 1.165) is 28.0 Å². The Morgan fingerprint density at radius 2 is 1.65 bits per heavy atom. The van der Waals surface area contributed by atoms with E-state index < -0.39 is 6.10 Å². The molecule has 1 aliphatic heterocycles. The number of methoxy groups -OCH3 is 2. The van der Waals surface area contributed by atoms with Gasteiger partial charge in [-0.3, -0.25) is 4.79 Å². The van der Waals surface area contributed by atoms with Crippen molar-refractivity contribution in [3.63, 3.8) is 0 Å². The van der Waals surface area contributed by atoms with Gasteiger partial charge in [0, 0.05) is 37.6 Å². The third-order valence-corrected chi connectivity index (χ3v) is 6.71. The summed E-state index contributed by atoms with van der Waals surface area (Å²) in [6.45, 7) is 6.25. The van der Waals surface area contributed by atoms with Crippen LogP contribution in [0.2, 0.25) is 10.0 Å². The SMILES string of the molecule is COc1ccc(OC)c2c(C)cc(N3CCN(C(=O)[C@H](C)Oc4ccc(Cl)c(Cl)c4)CC3)nc12. The molecule has 0 radical (unpaired) electrons. The van der Waals surface area contributed by atoms with Crippen molar-refractivity contribution >= 4 is 45.8 Å². The highest BCUT2D eigenvalue weighted by molar-refractivity contribution is 6.42. The maximum Gasteiger partial charge on any atom is 0.263 e. The van der Waals surface area contributed by atoms with Crippen molar-refractivity contribution in [3.05, 3.63) is 52.0 Å². The second kappa shape index (κ2) is 10.2. The van der Waals surface area contributed by atoms with Gasteiger partial charge in [0.25, 0.3) is 5.91 Å². The Labute approximate surface area is 209 Å². The van der Waals surface area contributed by atoms with Crippen molar-refractivity contribution in [1.29, 1.82) is 0 Å². The van der Waals surface area contributed by atoms with Crippen LogP contribution in [0.3, 0.4) is 0 Å². The van der Waals surface area contributed by atoms with Crippen LogP contribution in [0.25, 0.3) is 10.9 Å². The van der Waals surface area contributed by atoms with Gasteiger partial charge in [-0.2, -0.15) is 0 Å². The molecule has 9 heteroatoms. The largest absolute Gasteiger partial charge is 0.496 e. The molecule has 0 aliphatic carbocycles.